The maximum atomic E-state index is 11.1. The van der Waals surface area contributed by atoms with Crippen LogP contribution >= 0.6 is 0 Å². The summed E-state index contributed by atoms with van der Waals surface area (Å²) in [6.45, 7) is 3.63. The third-order valence-corrected chi connectivity index (χ3v) is 2.31. The fourth-order valence-electron chi connectivity index (χ4n) is 1.17. The fraction of sp³-hybridized carbons (Fsp3) is 0.875. The minimum Gasteiger partial charge on any atom is -0.353 e. The molecule has 84 valence electrons. The molecule has 0 spiro atoms. The van der Waals surface area contributed by atoms with Gasteiger partial charge < -0.3 is 11.1 Å². The SMILES string of the molecule is CC(N)CC(C)NC(=O)CS(C)(=O)=O. The molecule has 3 N–H and O–H groups in total. The van der Waals surface area contributed by atoms with Gasteiger partial charge in [0.1, 0.15) is 5.75 Å². The van der Waals surface area contributed by atoms with Gasteiger partial charge in [0.2, 0.25) is 5.91 Å². The third-order valence-electron chi connectivity index (χ3n) is 1.53. The number of carbonyl (C=O) groups excluding carboxylic acids is 1. The Morgan fingerprint density at radius 2 is 1.93 bits per heavy atom. The average molecular weight is 222 g/mol. The summed E-state index contributed by atoms with van der Waals surface area (Å²) in [6, 6.07) is -0.104. The highest BCUT2D eigenvalue weighted by molar-refractivity contribution is 7.91. The van der Waals surface area contributed by atoms with E-state index in [-0.39, 0.29) is 12.1 Å². The minimum atomic E-state index is -3.24. The van der Waals surface area contributed by atoms with E-state index in [1.165, 1.54) is 0 Å². The van der Waals surface area contributed by atoms with Gasteiger partial charge in [-0.3, -0.25) is 4.79 Å². The second-order valence-electron chi connectivity index (χ2n) is 3.75. The Hall–Kier alpha value is -0.620. The fourth-order valence-corrected chi connectivity index (χ4v) is 1.73. The summed E-state index contributed by atoms with van der Waals surface area (Å²) in [4.78, 5) is 11.1. The van der Waals surface area contributed by atoms with Crippen LogP contribution < -0.4 is 11.1 Å². The van der Waals surface area contributed by atoms with Crippen molar-refractivity contribution in [2.24, 2.45) is 5.73 Å². The van der Waals surface area contributed by atoms with Gasteiger partial charge in [0, 0.05) is 18.3 Å². The number of hydrogen-bond acceptors (Lipinski definition) is 4. The molecule has 0 aromatic heterocycles. The summed E-state index contributed by atoms with van der Waals surface area (Å²) in [6.07, 6.45) is 1.66. The van der Waals surface area contributed by atoms with E-state index in [1.807, 2.05) is 6.92 Å². The molecule has 2 unspecified atom stereocenters. The molecule has 2 atom stereocenters. The van der Waals surface area contributed by atoms with Crippen LogP contribution in [-0.4, -0.2) is 38.4 Å². The Labute approximate surface area is 85.0 Å². The second-order valence-corrected chi connectivity index (χ2v) is 5.89. The molecule has 6 heteroatoms. The monoisotopic (exact) mass is 222 g/mol. The molecular formula is C8H18N2O3S. The summed E-state index contributed by atoms with van der Waals surface area (Å²) in [7, 11) is -3.24. The van der Waals surface area contributed by atoms with E-state index < -0.39 is 21.5 Å². The van der Waals surface area contributed by atoms with Crippen LogP contribution in [0.2, 0.25) is 0 Å². The van der Waals surface area contributed by atoms with E-state index in [0.717, 1.165) is 6.26 Å². The highest BCUT2D eigenvalue weighted by atomic mass is 32.2. The van der Waals surface area contributed by atoms with Crippen LogP contribution in [0, 0.1) is 0 Å². The van der Waals surface area contributed by atoms with Gasteiger partial charge in [-0.25, -0.2) is 8.42 Å². The lowest BCUT2D eigenvalue weighted by atomic mass is 10.1. The lowest BCUT2D eigenvalue weighted by Crippen LogP contribution is -2.39. The van der Waals surface area contributed by atoms with Gasteiger partial charge in [0.25, 0.3) is 0 Å². The van der Waals surface area contributed by atoms with Crippen molar-refractivity contribution in [3.8, 4) is 0 Å². The largest absolute Gasteiger partial charge is 0.353 e. The van der Waals surface area contributed by atoms with E-state index in [1.54, 1.807) is 6.92 Å². The molecule has 0 saturated carbocycles. The minimum absolute atomic E-state index is 0.0106. The van der Waals surface area contributed by atoms with Gasteiger partial charge in [-0.1, -0.05) is 0 Å². The first-order chi connectivity index (χ1) is 6.20. The highest BCUT2D eigenvalue weighted by Crippen LogP contribution is 1.94. The van der Waals surface area contributed by atoms with Gasteiger partial charge in [-0.15, -0.1) is 0 Å². The van der Waals surface area contributed by atoms with Crippen LogP contribution in [0.4, 0.5) is 0 Å². The standard InChI is InChI=1S/C8H18N2O3S/c1-6(9)4-7(2)10-8(11)5-14(3,12)13/h6-7H,4-5,9H2,1-3H3,(H,10,11). The second kappa shape index (κ2) is 5.31. The summed E-state index contributed by atoms with van der Waals surface area (Å²) in [5, 5.41) is 2.57. The maximum Gasteiger partial charge on any atom is 0.235 e. The van der Waals surface area contributed by atoms with Crippen molar-refractivity contribution in [1.82, 2.24) is 5.32 Å². The molecule has 0 bridgehead atoms. The third kappa shape index (κ3) is 8.00. The van der Waals surface area contributed by atoms with Crippen LogP contribution in [0.5, 0.6) is 0 Å². The molecule has 0 heterocycles. The number of hydrogen-bond donors (Lipinski definition) is 2. The van der Waals surface area contributed by atoms with Crippen LogP contribution in [0.25, 0.3) is 0 Å². The van der Waals surface area contributed by atoms with Crippen LogP contribution in [0.3, 0.4) is 0 Å². The Morgan fingerprint density at radius 1 is 1.43 bits per heavy atom. The van der Waals surface area contributed by atoms with Gasteiger partial charge in [-0.2, -0.15) is 0 Å². The zero-order valence-electron chi connectivity index (χ0n) is 8.78. The summed E-state index contributed by atoms with van der Waals surface area (Å²) >= 11 is 0. The van der Waals surface area contributed by atoms with Gasteiger partial charge in [0.05, 0.1) is 0 Å². The van der Waals surface area contributed by atoms with Gasteiger partial charge in [0.15, 0.2) is 9.84 Å². The Balaban J connectivity index is 3.95. The van der Waals surface area contributed by atoms with Crippen molar-refractivity contribution in [2.45, 2.75) is 32.4 Å². The predicted molar refractivity (Wildman–Crippen MR) is 55.6 cm³/mol. The Morgan fingerprint density at radius 3 is 2.29 bits per heavy atom. The normalized spacial score (nSPS) is 16.0. The summed E-state index contributed by atoms with van der Waals surface area (Å²) in [5.74, 6) is -0.934. The first kappa shape index (κ1) is 13.4. The lowest BCUT2D eigenvalue weighted by molar-refractivity contribution is -0.119. The van der Waals surface area contributed by atoms with Crippen molar-refractivity contribution < 1.29 is 13.2 Å². The zero-order chi connectivity index (χ0) is 11.4. The summed E-state index contributed by atoms with van der Waals surface area (Å²) in [5.41, 5.74) is 5.53. The zero-order valence-corrected chi connectivity index (χ0v) is 9.60. The maximum absolute atomic E-state index is 11.1. The molecule has 0 aliphatic heterocycles. The van der Waals surface area contributed by atoms with Gasteiger partial charge >= 0.3 is 0 Å². The van der Waals surface area contributed by atoms with Crippen molar-refractivity contribution >= 4 is 15.7 Å². The first-order valence-corrected chi connectivity index (χ1v) is 6.49. The number of rotatable bonds is 5. The van der Waals surface area contributed by atoms with Crippen LogP contribution in [0.15, 0.2) is 0 Å². The molecule has 0 saturated heterocycles. The van der Waals surface area contributed by atoms with E-state index in [0.29, 0.717) is 6.42 Å². The van der Waals surface area contributed by atoms with E-state index in [9.17, 15) is 13.2 Å². The van der Waals surface area contributed by atoms with E-state index in [2.05, 4.69) is 5.32 Å². The Bertz CT molecular complexity index is 285. The molecule has 0 radical (unpaired) electrons. The van der Waals surface area contributed by atoms with Crippen molar-refractivity contribution in [2.75, 3.05) is 12.0 Å². The van der Waals surface area contributed by atoms with Crippen LogP contribution in [0.1, 0.15) is 20.3 Å². The van der Waals surface area contributed by atoms with Gasteiger partial charge in [-0.05, 0) is 20.3 Å². The molecule has 14 heavy (non-hydrogen) atoms. The molecule has 1 amide bonds. The molecule has 0 aliphatic carbocycles. The molecule has 0 aromatic carbocycles. The molecule has 0 aliphatic rings. The molecule has 5 nitrogen and oxygen atoms in total. The topological polar surface area (TPSA) is 89.3 Å². The van der Waals surface area contributed by atoms with Crippen molar-refractivity contribution in [1.29, 1.82) is 0 Å². The molecule has 0 aromatic rings. The highest BCUT2D eigenvalue weighted by Gasteiger charge is 2.13. The lowest BCUT2D eigenvalue weighted by Gasteiger charge is -2.15. The van der Waals surface area contributed by atoms with E-state index in [4.69, 9.17) is 5.73 Å². The number of amides is 1. The number of nitrogens with one attached hydrogen (secondary N) is 1. The quantitative estimate of drug-likeness (QED) is 0.642. The number of nitrogens with two attached hydrogens (primary N) is 1. The first-order valence-electron chi connectivity index (χ1n) is 4.43. The Kier molecular flexibility index (Phi) is 5.07. The summed E-state index contributed by atoms with van der Waals surface area (Å²) < 4.78 is 21.5. The number of carbonyl (C=O) groups is 1. The number of sulfone groups is 1. The van der Waals surface area contributed by atoms with Crippen molar-refractivity contribution in [3.05, 3.63) is 0 Å². The average Bonchev–Trinajstić information content (AvgIpc) is 1.77. The van der Waals surface area contributed by atoms with Crippen molar-refractivity contribution in [3.63, 3.8) is 0 Å². The molecular weight excluding hydrogens is 204 g/mol. The predicted octanol–water partition coefficient (Wildman–Crippen LogP) is -0.727. The van der Waals surface area contributed by atoms with Crippen LogP contribution in [-0.2, 0) is 14.6 Å². The van der Waals surface area contributed by atoms with E-state index >= 15 is 0 Å². The molecule has 0 rings (SSSR count). The molecule has 0 fully saturated rings. The smallest absolute Gasteiger partial charge is 0.235 e.